The molecule has 0 amide bonds. The van der Waals surface area contributed by atoms with Crippen LogP contribution in [0, 0.1) is 0 Å². The molecule has 3 aromatic rings. The van der Waals surface area contributed by atoms with Gasteiger partial charge in [0.2, 0.25) is 0 Å². The van der Waals surface area contributed by atoms with E-state index in [-0.39, 0.29) is 5.56 Å². The van der Waals surface area contributed by atoms with Crippen molar-refractivity contribution in [3.05, 3.63) is 98.9 Å². The zero-order valence-corrected chi connectivity index (χ0v) is 14.1. The first-order chi connectivity index (χ1) is 11.2. The molecule has 1 heterocycles. The third-order valence-electron chi connectivity index (χ3n) is 3.51. The average Bonchev–Trinajstić information content (AvgIpc) is 2.58. The molecule has 4 heteroatoms. The number of pyridine rings is 1. The molecule has 0 bridgehead atoms. The van der Waals surface area contributed by atoms with Crippen LogP contribution >= 0.6 is 15.9 Å². The highest BCUT2D eigenvalue weighted by Gasteiger charge is 2.03. The molecule has 0 radical (unpaired) electrons. The van der Waals surface area contributed by atoms with Gasteiger partial charge < -0.3 is 4.74 Å². The van der Waals surface area contributed by atoms with Gasteiger partial charge >= 0.3 is 0 Å². The van der Waals surface area contributed by atoms with Crippen LogP contribution in [-0.4, -0.2) is 4.57 Å². The van der Waals surface area contributed by atoms with E-state index in [0.29, 0.717) is 13.2 Å². The Morgan fingerprint density at radius 1 is 0.826 bits per heavy atom. The van der Waals surface area contributed by atoms with Crippen LogP contribution in [0.15, 0.2) is 82.2 Å². The van der Waals surface area contributed by atoms with E-state index in [0.717, 1.165) is 21.5 Å². The molecule has 0 fully saturated rings. The SMILES string of the molecule is O=c1cccc(Br)n1Cc1ccc(OCc2ccccc2)cc1. The minimum atomic E-state index is -0.0243. The first kappa shape index (κ1) is 15.6. The van der Waals surface area contributed by atoms with Crippen molar-refractivity contribution in [2.24, 2.45) is 0 Å². The minimum Gasteiger partial charge on any atom is -0.489 e. The van der Waals surface area contributed by atoms with E-state index in [4.69, 9.17) is 4.74 Å². The van der Waals surface area contributed by atoms with E-state index >= 15 is 0 Å². The van der Waals surface area contributed by atoms with Crippen molar-refractivity contribution in [3.63, 3.8) is 0 Å². The van der Waals surface area contributed by atoms with Gasteiger partial charge in [-0.3, -0.25) is 9.36 Å². The van der Waals surface area contributed by atoms with E-state index in [1.165, 1.54) is 0 Å². The standard InChI is InChI=1S/C19H16BrNO2/c20-18-7-4-8-19(22)21(18)13-15-9-11-17(12-10-15)23-14-16-5-2-1-3-6-16/h1-12H,13-14H2. The number of hydrogen-bond acceptors (Lipinski definition) is 2. The molecule has 3 nitrogen and oxygen atoms in total. The Hall–Kier alpha value is -2.33. The summed E-state index contributed by atoms with van der Waals surface area (Å²) in [6, 6.07) is 23.0. The van der Waals surface area contributed by atoms with Crippen LogP contribution in [0.5, 0.6) is 5.75 Å². The topological polar surface area (TPSA) is 31.2 Å². The molecule has 0 saturated heterocycles. The minimum absolute atomic E-state index is 0.0243. The zero-order valence-electron chi connectivity index (χ0n) is 12.5. The fourth-order valence-corrected chi connectivity index (χ4v) is 2.72. The predicted molar refractivity (Wildman–Crippen MR) is 94.7 cm³/mol. The highest BCUT2D eigenvalue weighted by molar-refractivity contribution is 9.10. The first-order valence-electron chi connectivity index (χ1n) is 7.33. The van der Waals surface area contributed by atoms with E-state index in [1.807, 2.05) is 60.7 Å². The largest absolute Gasteiger partial charge is 0.489 e. The first-order valence-corrected chi connectivity index (χ1v) is 8.13. The summed E-state index contributed by atoms with van der Waals surface area (Å²) in [5, 5.41) is 0. The Bertz CT molecular complexity index is 826. The van der Waals surface area contributed by atoms with Crippen LogP contribution in [0.3, 0.4) is 0 Å². The van der Waals surface area contributed by atoms with Crippen LogP contribution in [0.4, 0.5) is 0 Å². The third kappa shape index (κ3) is 4.11. The van der Waals surface area contributed by atoms with Crippen molar-refractivity contribution in [2.75, 3.05) is 0 Å². The second-order valence-corrected chi connectivity index (χ2v) is 6.00. The van der Waals surface area contributed by atoms with E-state index < -0.39 is 0 Å². The van der Waals surface area contributed by atoms with Gasteiger partial charge in [-0.2, -0.15) is 0 Å². The fraction of sp³-hybridized carbons (Fsp3) is 0.105. The highest BCUT2D eigenvalue weighted by Crippen LogP contribution is 2.16. The summed E-state index contributed by atoms with van der Waals surface area (Å²) in [7, 11) is 0. The Kier molecular flexibility index (Phi) is 4.93. The fourth-order valence-electron chi connectivity index (χ4n) is 2.26. The summed E-state index contributed by atoms with van der Waals surface area (Å²) in [5.74, 6) is 0.817. The summed E-state index contributed by atoms with van der Waals surface area (Å²) >= 11 is 3.41. The molecule has 1 aromatic heterocycles. The lowest BCUT2D eigenvalue weighted by atomic mass is 10.2. The second-order valence-electron chi connectivity index (χ2n) is 5.19. The quantitative estimate of drug-likeness (QED) is 0.629. The van der Waals surface area contributed by atoms with Crippen molar-refractivity contribution < 1.29 is 4.74 Å². The van der Waals surface area contributed by atoms with Crippen LogP contribution in [0.1, 0.15) is 11.1 Å². The normalized spacial score (nSPS) is 10.5. The number of hydrogen-bond donors (Lipinski definition) is 0. The summed E-state index contributed by atoms with van der Waals surface area (Å²) in [6.07, 6.45) is 0. The van der Waals surface area contributed by atoms with Crippen LogP contribution in [0.2, 0.25) is 0 Å². The lowest BCUT2D eigenvalue weighted by Crippen LogP contribution is -2.19. The van der Waals surface area contributed by atoms with Gasteiger partial charge in [0, 0.05) is 6.07 Å². The number of aromatic nitrogens is 1. The maximum absolute atomic E-state index is 11.9. The summed E-state index contributed by atoms with van der Waals surface area (Å²) < 4.78 is 8.22. The molecule has 0 aliphatic carbocycles. The van der Waals surface area contributed by atoms with Crippen molar-refractivity contribution in [2.45, 2.75) is 13.2 Å². The highest BCUT2D eigenvalue weighted by atomic mass is 79.9. The van der Waals surface area contributed by atoms with Gasteiger partial charge in [-0.15, -0.1) is 0 Å². The molecule has 2 aromatic carbocycles. The van der Waals surface area contributed by atoms with E-state index in [9.17, 15) is 4.79 Å². The lowest BCUT2D eigenvalue weighted by molar-refractivity contribution is 0.306. The Labute approximate surface area is 143 Å². The molecule has 116 valence electrons. The summed E-state index contributed by atoms with van der Waals surface area (Å²) in [6.45, 7) is 1.07. The molecule has 23 heavy (non-hydrogen) atoms. The van der Waals surface area contributed by atoms with Crippen molar-refractivity contribution in [3.8, 4) is 5.75 Å². The van der Waals surface area contributed by atoms with Gasteiger partial charge in [-0.25, -0.2) is 0 Å². The number of ether oxygens (including phenoxy) is 1. The number of nitrogens with zero attached hydrogens (tertiary/aromatic N) is 1. The second kappa shape index (κ2) is 7.29. The number of benzene rings is 2. The predicted octanol–water partition coefficient (Wildman–Crippen LogP) is 4.24. The maximum Gasteiger partial charge on any atom is 0.251 e. The van der Waals surface area contributed by atoms with Crippen LogP contribution in [0.25, 0.3) is 0 Å². The molecule has 0 aliphatic heterocycles. The summed E-state index contributed by atoms with van der Waals surface area (Å²) in [5.41, 5.74) is 2.16. The van der Waals surface area contributed by atoms with Crippen molar-refractivity contribution >= 4 is 15.9 Å². The molecule has 0 N–H and O–H groups in total. The Balaban J connectivity index is 1.66. The van der Waals surface area contributed by atoms with E-state index in [2.05, 4.69) is 15.9 Å². The molecule has 0 spiro atoms. The van der Waals surface area contributed by atoms with Crippen LogP contribution < -0.4 is 10.3 Å². The molecule has 3 rings (SSSR count). The monoisotopic (exact) mass is 369 g/mol. The Morgan fingerprint density at radius 3 is 2.26 bits per heavy atom. The molecule has 0 saturated carbocycles. The maximum atomic E-state index is 11.9. The third-order valence-corrected chi connectivity index (χ3v) is 4.20. The van der Waals surface area contributed by atoms with Gasteiger partial charge in [-0.1, -0.05) is 48.5 Å². The number of halogens is 1. The Morgan fingerprint density at radius 2 is 1.57 bits per heavy atom. The molecular formula is C19H16BrNO2. The molecule has 0 aliphatic rings. The number of rotatable bonds is 5. The van der Waals surface area contributed by atoms with Crippen LogP contribution in [-0.2, 0) is 13.2 Å². The van der Waals surface area contributed by atoms with Gasteiger partial charge in [-0.05, 0) is 45.3 Å². The molecular weight excluding hydrogens is 354 g/mol. The molecule has 0 atom stereocenters. The van der Waals surface area contributed by atoms with Crippen molar-refractivity contribution in [1.82, 2.24) is 4.57 Å². The van der Waals surface area contributed by atoms with Gasteiger partial charge in [0.25, 0.3) is 5.56 Å². The average molecular weight is 370 g/mol. The summed E-state index contributed by atoms with van der Waals surface area (Å²) in [4.78, 5) is 11.9. The molecule has 0 unspecified atom stereocenters. The van der Waals surface area contributed by atoms with Gasteiger partial charge in [0.05, 0.1) is 11.1 Å². The smallest absolute Gasteiger partial charge is 0.251 e. The van der Waals surface area contributed by atoms with Crippen molar-refractivity contribution in [1.29, 1.82) is 0 Å². The van der Waals surface area contributed by atoms with Gasteiger partial charge in [0.1, 0.15) is 12.4 Å². The van der Waals surface area contributed by atoms with Gasteiger partial charge in [0.15, 0.2) is 0 Å². The lowest BCUT2D eigenvalue weighted by Gasteiger charge is -2.10. The zero-order chi connectivity index (χ0) is 16.1. The van der Waals surface area contributed by atoms with E-state index in [1.54, 1.807) is 16.7 Å².